The molecule has 0 fully saturated rings. The molecule has 27 heavy (non-hydrogen) atoms. The zero-order valence-electron chi connectivity index (χ0n) is 16.5. The molecule has 4 N–H and O–H groups in total. The summed E-state index contributed by atoms with van der Waals surface area (Å²) in [5, 5.41) is 8.86. The number of hydrogen-bond donors (Lipinski definition) is 3. The molecule has 0 aliphatic rings. The first-order chi connectivity index (χ1) is 12.7. The monoisotopic (exact) mass is 377 g/mol. The highest BCUT2D eigenvalue weighted by atomic mass is 16.5. The van der Waals surface area contributed by atoms with Crippen LogP contribution in [0.1, 0.15) is 46.1 Å². The van der Waals surface area contributed by atoms with E-state index in [1.165, 1.54) is 4.90 Å². The minimum atomic E-state index is -0.787. The van der Waals surface area contributed by atoms with E-state index >= 15 is 0 Å². The molecule has 0 heterocycles. The molecule has 1 aromatic carbocycles. The van der Waals surface area contributed by atoms with Crippen LogP contribution in [0, 0.1) is 17.8 Å². The number of hydrogen-bond acceptors (Lipinski definition) is 4. The van der Waals surface area contributed by atoms with E-state index in [1.807, 2.05) is 58.0 Å². The van der Waals surface area contributed by atoms with Crippen LogP contribution in [-0.2, 0) is 20.9 Å². The SMILES string of the molecule is CC(C)CC(CC(=O)NO)C(=O)N(Cc1ccccc1)[C@H](C(N)=O)C(C)C. The highest BCUT2D eigenvalue weighted by Crippen LogP contribution is 2.24. The second-order valence-corrected chi connectivity index (χ2v) is 7.61. The Bertz CT molecular complexity index is 631. The number of benzene rings is 1. The molecule has 1 unspecified atom stereocenters. The van der Waals surface area contributed by atoms with E-state index in [2.05, 4.69) is 0 Å². The smallest absolute Gasteiger partial charge is 0.244 e. The molecule has 1 aromatic rings. The summed E-state index contributed by atoms with van der Waals surface area (Å²) in [6.07, 6.45) is 0.309. The molecule has 2 atom stereocenters. The summed E-state index contributed by atoms with van der Waals surface area (Å²) >= 11 is 0. The summed E-state index contributed by atoms with van der Waals surface area (Å²) in [6, 6.07) is 8.54. The minimum Gasteiger partial charge on any atom is -0.368 e. The average molecular weight is 377 g/mol. The predicted molar refractivity (Wildman–Crippen MR) is 102 cm³/mol. The van der Waals surface area contributed by atoms with Gasteiger partial charge in [0, 0.05) is 18.9 Å². The van der Waals surface area contributed by atoms with E-state index in [9.17, 15) is 14.4 Å². The third-order valence-electron chi connectivity index (χ3n) is 4.40. The van der Waals surface area contributed by atoms with Crippen molar-refractivity contribution in [3.05, 3.63) is 35.9 Å². The number of nitrogens with one attached hydrogen (secondary N) is 1. The molecule has 0 spiro atoms. The van der Waals surface area contributed by atoms with Gasteiger partial charge in [-0.2, -0.15) is 0 Å². The van der Waals surface area contributed by atoms with Crippen LogP contribution in [0.4, 0.5) is 0 Å². The average Bonchev–Trinajstić information content (AvgIpc) is 2.59. The Hall–Kier alpha value is -2.41. The Morgan fingerprint density at radius 2 is 1.70 bits per heavy atom. The lowest BCUT2D eigenvalue weighted by atomic mass is 9.90. The lowest BCUT2D eigenvalue weighted by Gasteiger charge is -2.35. The van der Waals surface area contributed by atoms with Crippen LogP contribution in [0.3, 0.4) is 0 Å². The fraction of sp³-hybridized carbons (Fsp3) is 0.550. The number of nitrogens with zero attached hydrogens (tertiary/aromatic N) is 1. The van der Waals surface area contributed by atoms with Crippen LogP contribution in [0.25, 0.3) is 0 Å². The van der Waals surface area contributed by atoms with E-state index in [-0.39, 0.29) is 30.7 Å². The van der Waals surface area contributed by atoms with Gasteiger partial charge in [0.2, 0.25) is 17.7 Å². The van der Waals surface area contributed by atoms with Gasteiger partial charge in [0.25, 0.3) is 0 Å². The third kappa shape index (κ3) is 7.02. The van der Waals surface area contributed by atoms with Crippen LogP contribution in [0.15, 0.2) is 30.3 Å². The van der Waals surface area contributed by atoms with Crippen molar-refractivity contribution in [2.24, 2.45) is 23.5 Å². The van der Waals surface area contributed by atoms with E-state index in [1.54, 1.807) is 5.48 Å². The summed E-state index contributed by atoms with van der Waals surface area (Å²) in [6.45, 7) is 7.79. The number of hydroxylamine groups is 1. The van der Waals surface area contributed by atoms with Crippen LogP contribution in [0.5, 0.6) is 0 Å². The Kier molecular flexibility index (Phi) is 8.94. The number of rotatable bonds is 10. The number of carbonyl (C=O) groups excluding carboxylic acids is 3. The Balaban J connectivity index is 3.24. The molecule has 7 heteroatoms. The van der Waals surface area contributed by atoms with E-state index < -0.39 is 23.8 Å². The third-order valence-corrected chi connectivity index (χ3v) is 4.40. The van der Waals surface area contributed by atoms with Gasteiger partial charge in [-0.05, 0) is 23.8 Å². The van der Waals surface area contributed by atoms with Crippen LogP contribution in [0.2, 0.25) is 0 Å². The van der Waals surface area contributed by atoms with Gasteiger partial charge in [-0.25, -0.2) is 5.48 Å². The summed E-state index contributed by atoms with van der Waals surface area (Å²) < 4.78 is 0. The van der Waals surface area contributed by atoms with Gasteiger partial charge in [-0.3, -0.25) is 19.6 Å². The molecule has 0 bridgehead atoms. The summed E-state index contributed by atoms with van der Waals surface area (Å²) in [5.74, 6) is -2.19. The molecular weight excluding hydrogens is 346 g/mol. The first-order valence-corrected chi connectivity index (χ1v) is 9.24. The minimum absolute atomic E-state index is 0.150. The Morgan fingerprint density at radius 1 is 1.11 bits per heavy atom. The van der Waals surface area contributed by atoms with Crippen molar-refractivity contribution in [2.75, 3.05) is 0 Å². The number of primary amides is 1. The van der Waals surface area contributed by atoms with Gasteiger partial charge in [0.15, 0.2) is 0 Å². The van der Waals surface area contributed by atoms with Crippen LogP contribution in [-0.4, -0.2) is 33.9 Å². The molecule has 0 saturated heterocycles. The van der Waals surface area contributed by atoms with Crippen LogP contribution < -0.4 is 11.2 Å². The molecular formula is C20H31N3O4. The van der Waals surface area contributed by atoms with Crippen molar-refractivity contribution in [3.63, 3.8) is 0 Å². The van der Waals surface area contributed by atoms with Crippen molar-refractivity contribution in [3.8, 4) is 0 Å². The van der Waals surface area contributed by atoms with Crippen molar-refractivity contribution < 1.29 is 19.6 Å². The number of amides is 3. The van der Waals surface area contributed by atoms with Gasteiger partial charge in [-0.15, -0.1) is 0 Å². The quantitative estimate of drug-likeness (QED) is 0.428. The molecule has 7 nitrogen and oxygen atoms in total. The van der Waals surface area contributed by atoms with Crippen molar-refractivity contribution in [1.82, 2.24) is 10.4 Å². The van der Waals surface area contributed by atoms with Crippen molar-refractivity contribution >= 4 is 17.7 Å². The maximum absolute atomic E-state index is 13.3. The fourth-order valence-corrected chi connectivity index (χ4v) is 3.28. The van der Waals surface area contributed by atoms with Gasteiger partial charge in [0.1, 0.15) is 6.04 Å². The largest absolute Gasteiger partial charge is 0.368 e. The maximum Gasteiger partial charge on any atom is 0.244 e. The molecule has 0 aromatic heterocycles. The predicted octanol–water partition coefficient (Wildman–Crippen LogP) is 2.08. The Morgan fingerprint density at radius 3 is 2.15 bits per heavy atom. The zero-order valence-corrected chi connectivity index (χ0v) is 16.5. The van der Waals surface area contributed by atoms with E-state index in [4.69, 9.17) is 10.9 Å². The number of nitrogens with two attached hydrogens (primary N) is 1. The normalized spacial score (nSPS) is 13.3. The maximum atomic E-state index is 13.3. The standard InChI is InChI=1S/C20H31N3O4/c1-13(2)10-16(11-17(24)22-27)20(26)23(18(14(3)4)19(21)25)12-15-8-6-5-7-9-15/h5-9,13-14,16,18,27H,10-12H2,1-4H3,(H2,21,25)(H,22,24)/t16?,18-/m0/s1. The topological polar surface area (TPSA) is 113 Å². The summed E-state index contributed by atoms with van der Waals surface area (Å²) in [5.41, 5.74) is 8.06. The van der Waals surface area contributed by atoms with E-state index in [0.29, 0.717) is 6.42 Å². The molecule has 0 radical (unpaired) electrons. The lowest BCUT2D eigenvalue weighted by molar-refractivity contribution is -0.147. The molecule has 0 aliphatic carbocycles. The molecule has 150 valence electrons. The van der Waals surface area contributed by atoms with Gasteiger partial charge in [-0.1, -0.05) is 58.0 Å². The van der Waals surface area contributed by atoms with Crippen molar-refractivity contribution in [1.29, 1.82) is 0 Å². The molecule has 0 aliphatic heterocycles. The number of carbonyl (C=O) groups is 3. The lowest BCUT2D eigenvalue weighted by Crippen LogP contribution is -2.52. The first kappa shape index (κ1) is 22.6. The van der Waals surface area contributed by atoms with Crippen LogP contribution >= 0.6 is 0 Å². The summed E-state index contributed by atoms with van der Waals surface area (Å²) in [7, 11) is 0. The van der Waals surface area contributed by atoms with Gasteiger partial charge >= 0.3 is 0 Å². The first-order valence-electron chi connectivity index (χ1n) is 9.24. The highest BCUT2D eigenvalue weighted by molar-refractivity contribution is 5.90. The zero-order chi connectivity index (χ0) is 20.6. The van der Waals surface area contributed by atoms with E-state index in [0.717, 1.165) is 5.56 Å². The summed E-state index contributed by atoms with van der Waals surface area (Å²) in [4.78, 5) is 38.6. The Labute approximate surface area is 160 Å². The highest BCUT2D eigenvalue weighted by Gasteiger charge is 2.35. The second-order valence-electron chi connectivity index (χ2n) is 7.61. The second kappa shape index (κ2) is 10.7. The molecule has 1 rings (SSSR count). The van der Waals surface area contributed by atoms with Crippen molar-refractivity contribution in [2.45, 2.75) is 53.1 Å². The molecule has 3 amide bonds. The van der Waals surface area contributed by atoms with Gasteiger partial charge < -0.3 is 10.6 Å². The fourth-order valence-electron chi connectivity index (χ4n) is 3.28. The molecule has 0 saturated carbocycles. The van der Waals surface area contributed by atoms with Gasteiger partial charge in [0.05, 0.1) is 0 Å².